The van der Waals surface area contributed by atoms with Crippen LogP contribution in [-0.4, -0.2) is 24.7 Å². The smallest absolute Gasteiger partial charge is 0.269 e. The lowest BCUT2D eigenvalue weighted by Crippen LogP contribution is -2.04. The number of ether oxygens (including phenoxy) is 2. The normalized spacial score (nSPS) is 10.8. The number of nitrogens with zero attached hydrogens (tertiary/aromatic N) is 3. The fraction of sp³-hybridized carbons (Fsp3) is 0.263. The van der Waals surface area contributed by atoms with E-state index in [4.69, 9.17) is 9.47 Å². The summed E-state index contributed by atoms with van der Waals surface area (Å²) in [6.07, 6.45) is 0.800. The summed E-state index contributed by atoms with van der Waals surface area (Å²) in [5.74, 6) is 0.749. The number of hydrogen-bond acceptors (Lipinski definition) is 6. The molecule has 26 heavy (non-hydrogen) atoms. The Bertz CT molecular complexity index is 755. The molecule has 2 aromatic carbocycles. The van der Waals surface area contributed by atoms with Crippen molar-refractivity contribution in [3.63, 3.8) is 0 Å². The first-order valence-electron chi connectivity index (χ1n) is 8.16. The SMILES string of the molecule is C=C(C)COCCCOc1ccc(N=Nc2ccc([N+](=O)[O-])cc2)cc1. The van der Waals surface area contributed by atoms with Crippen molar-refractivity contribution in [1.29, 1.82) is 0 Å². The molecule has 2 rings (SSSR count). The van der Waals surface area contributed by atoms with Gasteiger partial charge in [-0.25, -0.2) is 0 Å². The van der Waals surface area contributed by atoms with Gasteiger partial charge in [0.1, 0.15) is 5.75 Å². The second kappa shape index (κ2) is 10.0. The van der Waals surface area contributed by atoms with Gasteiger partial charge in [0.2, 0.25) is 0 Å². The van der Waals surface area contributed by atoms with Gasteiger partial charge in [-0.3, -0.25) is 10.1 Å². The standard InChI is InChI=1S/C19H21N3O4/c1-15(2)14-25-12-3-13-26-19-10-6-17(7-11-19)21-20-16-4-8-18(9-5-16)22(23)24/h4-11H,1,3,12-14H2,2H3. The van der Waals surface area contributed by atoms with Gasteiger partial charge in [-0.1, -0.05) is 12.2 Å². The minimum atomic E-state index is -0.452. The summed E-state index contributed by atoms with van der Waals surface area (Å²) in [6, 6.07) is 13.1. The number of hydrogen-bond donors (Lipinski definition) is 0. The molecular weight excluding hydrogens is 334 g/mol. The fourth-order valence-corrected chi connectivity index (χ4v) is 1.96. The fourth-order valence-electron chi connectivity index (χ4n) is 1.96. The van der Waals surface area contributed by atoms with E-state index in [-0.39, 0.29) is 5.69 Å². The largest absolute Gasteiger partial charge is 0.494 e. The molecule has 0 atom stereocenters. The van der Waals surface area contributed by atoms with Crippen molar-refractivity contribution >= 4 is 17.1 Å². The quantitative estimate of drug-likeness (QED) is 0.188. The third-order valence-electron chi connectivity index (χ3n) is 3.23. The van der Waals surface area contributed by atoms with Crippen LogP contribution < -0.4 is 4.74 Å². The molecule has 0 saturated carbocycles. The first kappa shape index (κ1) is 19.3. The van der Waals surface area contributed by atoms with Gasteiger partial charge < -0.3 is 9.47 Å². The third-order valence-corrected chi connectivity index (χ3v) is 3.23. The van der Waals surface area contributed by atoms with E-state index in [2.05, 4.69) is 16.8 Å². The van der Waals surface area contributed by atoms with Gasteiger partial charge in [-0.2, -0.15) is 10.2 Å². The van der Waals surface area contributed by atoms with E-state index >= 15 is 0 Å². The molecule has 0 amide bonds. The topological polar surface area (TPSA) is 86.3 Å². The Morgan fingerprint density at radius 3 is 2.15 bits per heavy atom. The van der Waals surface area contributed by atoms with Crippen LogP contribution in [-0.2, 0) is 4.74 Å². The zero-order valence-electron chi connectivity index (χ0n) is 14.6. The first-order chi connectivity index (χ1) is 12.5. The van der Waals surface area contributed by atoms with Gasteiger partial charge in [0.15, 0.2) is 0 Å². The average molecular weight is 355 g/mol. The monoisotopic (exact) mass is 355 g/mol. The van der Waals surface area contributed by atoms with Gasteiger partial charge in [0.05, 0.1) is 36.1 Å². The van der Waals surface area contributed by atoms with E-state index in [1.165, 1.54) is 12.1 Å². The number of non-ortho nitro benzene ring substituents is 1. The average Bonchev–Trinajstić information content (AvgIpc) is 2.64. The van der Waals surface area contributed by atoms with E-state index in [1.54, 1.807) is 24.3 Å². The van der Waals surface area contributed by atoms with Gasteiger partial charge in [-0.15, -0.1) is 0 Å². The lowest BCUT2D eigenvalue weighted by Gasteiger charge is -2.07. The highest BCUT2D eigenvalue weighted by molar-refractivity contribution is 5.45. The van der Waals surface area contributed by atoms with E-state index in [9.17, 15) is 10.1 Å². The van der Waals surface area contributed by atoms with Gasteiger partial charge in [0, 0.05) is 18.6 Å². The van der Waals surface area contributed by atoms with Crippen LogP contribution in [0.4, 0.5) is 17.1 Å². The summed E-state index contributed by atoms with van der Waals surface area (Å²) in [6.45, 7) is 7.48. The highest BCUT2D eigenvalue weighted by atomic mass is 16.6. The number of azo groups is 1. The Hall–Kier alpha value is -3.06. The molecule has 0 aliphatic heterocycles. The van der Waals surface area contributed by atoms with Gasteiger partial charge >= 0.3 is 0 Å². The van der Waals surface area contributed by atoms with Crippen molar-refractivity contribution < 1.29 is 14.4 Å². The molecular formula is C19H21N3O4. The second-order valence-electron chi connectivity index (χ2n) is 5.68. The molecule has 0 heterocycles. The summed E-state index contributed by atoms with van der Waals surface area (Å²) in [5.41, 5.74) is 2.24. The summed E-state index contributed by atoms with van der Waals surface area (Å²) >= 11 is 0. The minimum absolute atomic E-state index is 0.0236. The summed E-state index contributed by atoms with van der Waals surface area (Å²) < 4.78 is 11.0. The maximum atomic E-state index is 10.6. The predicted molar refractivity (Wildman–Crippen MR) is 99.5 cm³/mol. The summed E-state index contributed by atoms with van der Waals surface area (Å²) in [7, 11) is 0. The molecule has 0 aliphatic carbocycles. The molecule has 0 aliphatic rings. The number of nitro groups is 1. The highest BCUT2D eigenvalue weighted by Gasteiger charge is 2.03. The molecule has 7 heteroatoms. The highest BCUT2D eigenvalue weighted by Crippen LogP contribution is 2.23. The van der Waals surface area contributed by atoms with Crippen molar-refractivity contribution in [2.75, 3.05) is 19.8 Å². The van der Waals surface area contributed by atoms with Crippen LogP contribution in [0.15, 0.2) is 70.9 Å². The van der Waals surface area contributed by atoms with Crippen LogP contribution in [0.3, 0.4) is 0 Å². The zero-order valence-corrected chi connectivity index (χ0v) is 14.6. The first-order valence-corrected chi connectivity index (χ1v) is 8.16. The maximum absolute atomic E-state index is 10.6. The van der Waals surface area contributed by atoms with Crippen molar-refractivity contribution in [2.24, 2.45) is 10.2 Å². The van der Waals surface area contributed by atoms with E-state index in [1.807, 2.05) is 19.1 Å². The predicted octanol–water partition coefficient (Wildman–Crippen LogP) is 5.37. The van der Waals surface area contributed by atoms with Crippen LogP contribution in [0.2, 0.25) is 0 Å². The van der Waals surface area contributed by atoms with Crippen LogP contribution in [0.1, 0.15) is 13.3 Å². The number of rotatable bonds is 10. The van der Waals surface area contributed by atoms with Crippen molar-refractivity contribution in [3.8, 4) is 5.75 Å². The van der Waals surface area contributed by atoms with Crippen molar-refractivity contribution in [1.82, 2.24) is 0 Å². The van der Waals surface area contributed by atoms with Gasteiger partial charge in [-0.05, 0) is 43.3 Å². The van der Waals surface area contributed by atoms with E-state index < -0.39 is 4.92 Å². The molecule has 2 aromatic rings. The third kappa shape index (κ3) is 6.82. The maximum Gasteiger partial charge on any atom is 0.269 e. The Balaban J connectivity index is 1.77. The molecule has 0 bridgehead atoms. The Morgan fingerprint density at radius 2 is 1.62 bits per heavy atom. The molecule has 0 fully saturated rings. The van der Waals surface area contributed by atoms with E-state index in [0.717, 1.165) is 17.7 Å². The second-order valence-corrected chi connectivity index (χ2v) is 5.68. The molecule has 0 aromatic heterocycles. The Labute approximate surface area is 152 Å². The van der Waals surface area contributed by atoms with Crippen molar-refractivity contribution in [3.05, 3.63) is 70.8 Å². The Kier molecular flexibility index (Phi) is 7.45. The molecule has 0 saturated heterocycles. The molecule has 0 radical (unpaired) electrons. The lowest BCUT2D eigenvalue weighted by molar-refractivity contribution is -0.384. The van der Waals surface area contributed by atoms with E-state index in [0.29, 0.717) is 31.2 Å². The number of nitro benzene ring substituents is 1. The molecule has 0 unspecified atom stereocenters. The molecule has 7 nitrogen and oxygen atoms in total. The van der Waals surface area contributed by atoms with Crippen molar-refractivity contribution in [2.45, 2.75) is 13.3 Å². The minimum Gasteiger partial charge on any atom is -0.494 e. The van der Waals surface area contributed by atoms with Crippen LogP contribution >= 0.6 is 0 Å². The summed E-state index contributed by atoms with van der Waals surface area (Å²) in [4.78, 5) is 10.2. The summed E-state index contributed by atoms with van der Waals surface area (Å²) in [5, 5.41) is 18.8. The van der Waals surface area contributed by atoms with Crippen LogP contribution in [0, 0.1) is 10.1 Å². The lowest BCUT2D eigenvalue weighted by atomic mass is 10.3. The zero-order chi connectivity index (χ0) is 18.8. The van der Waals surface area contributed by atoms with Gasteiger partial charge in [0.25, 0.3) is 5.69 Å². The Morgan fingerprint density at radius 1 is 1.04 bits per heavy atom. The molecule has 0 N–H and O–H groups in total. The number of benzene rings is 2. The van der Waals surface area contributed by atoms with Crippen LogP contribution in [0.5, 0.6) is 5.75 Å². The van der Waals surface area contributed by atoms with Crippen LogP contribution in [0.25, 0.3) is 0 Å². The molecule has 0 spiro atoms. The molecule has 136 valence electrons.